The highest BCUT2D eigenvalue weighted by Gasteiger charge is 2.24. The van der Waals surface area contributed by atoms with Crippen LogP contribution in [0.5, 0.6) is 0 Å². The summed E-state index contributed by atoms with van der Waals surface area (Å²) < 4.78 is 7.72. The Balaban J connectivity index is 0.00000261. The van der Waals surface area contributed by atoms with E-state index in [-0.39, 0.29) is 30.1 Å². The van der Waals surface area contributed by atoms with E-state index in [9.17, 15) is 0 Å². The number of aryl methyl sites for hydroxylation is 1. The van der Waals surface area contributed by atoms with Crippen molar-refractivity contribution in [3.8, 4) is 0 Å². The summed E-state index contributed by atoms with van der Waals surface area (Å²) in [6, 6.07) is 10.3. The average Bonchev–Trinajstić information content (AvgIpc) is 3.12. The summed E-state index contributed by atoms with van der Waals surface area (Å²) in [6.45, 7) is 4.12. The second-order valence-electron chi connectivity index (χ2n) is 6.37. The number of nitrogens with one attached hydrogen (secondary N) is 2. The molecule has 8 heteroatoms. The van der Waals surface area contributed by atoms with E-state index in [0.717, 1.165) is 49.8 Å². The fourth-order valence-corrected chi connectivity index (χ4v) is 3.06. The quantitative estimate of drug-likeness (QED) is 0.286. The molecule has 0 aliphatic carbocycles. The predicted molar refractivity (Wildman–Crippen MR) is 120 cm³/mol. The van der Waals surface area contributed by atoms with Crippen LogP contribution in [0, 0.1) is 0 Å². The van der Waals surface area contributed by atoms with Crippen molar-refractivity contribution in [2.75, 3.05) is 45.2 Å². The molecule has 7 nitrogen and oxygen atoms in total. The standard InChI is InChI=1S/C19H28N6O.HI/c1-20-19(22-10-6-9-21-17-7-4-3-5-8-17)25-11-12-26-18(15-25)16-13-23-24(2)14-16;/h3-5,7-8,13-14,18,21H,6,9-12,15H2,1-2H3,(H,20,22);1H. The van der Waals surface area contributed by atoms with Crippen LogP contribution in [0.1, 0.15) is 18.1 Å². The normalized spacial score (nSPS) is 17.3. The van der Waals surface area contributed by atoms with Gasteiger partial charge in [0.05, 0.1) is 19.3 Å². The van der Waals surface area contributed by atoms with Crippen LogP contribution in [0.15, 0.2) is 47.7 Å². The van der Waals surface area contributed by atoms with Gasteiger partial charge in [-0.1, -0.05) is 18.2 Å². The number of ether oxygens (including phenoxy) is 1. The van der Waals surface area contributed by atoms with E-state index in [1.54, 1.807) is 0 Å². The SMILES string of the molecule is CN=C(NCCCNc1ccccc1)N1CCOC(c2cnn(C)c2)C1.I. The zero-order chi connectivity index (χ0) is 18.2. The number of morpholine rings is 1. The van der Waals surface area contributed by atoms with Crippen molar-refractivity contribution in [2.45, 2.75) is 12.5 Å². The molecule has 1 aliphatic rings. The molecule has 0 amide bonds. The van der Waals surface area contributed by atoms with E-state index in [1.807, 2.05) is 49.4 Å². The Hall–Kier alpha value is -1.81. The molecule has 27 heavy (non-hydrogen) atoms. The Morgan fingerprint density at radius 1 is 1.30 bits per heavy atom. The number of halogens is 1. The Kier molecular flexibility index (Phi) is 8.86. The number of anilines is 1. The van der Waals surface area contributed by atoms with Gasteiger partial charge in [-0.05, 0) is 18.6 Å². The minimum absolute atomic E-state index is 0. The molecule has 2 N–H and O–H groups in total. The number of hydrogen-bond donors (Lipinski definition) is 2. The molecule has 1 atom stereocenters. The van der Waals surface area contributed by atoms with Crippen LogP contribution in [0.2, 0.25) is 0 Å². The molecular weight excluding hydrogens is 455 g/mol. The maximum Gasteiger partial charge on any atom is 0.193 e. The molecule has 2 aromatic rings. The minimum Gasteiger partial charge on any atom is -0.385 e. The number of para-hydroxylation sites is 1. The number of hydrogen-bond acceptors (Lipinski definition) is 4. The van der Waals surface area contributed by atoms with Crippen LogP contribution in [0.25, 0.3) is 0 Å². The first-order valence-corrected chi connectivity index (χ1v) is 9.11. The zero-order valence-corrected chi connectivity index (χ0v) is 18.3. The van der Waals surface area contributed by atoms with Crippen molar-refractivity contribution in [1.29, 1.82) is 0 Å². The summed E-state index contributed by atoms with van der Waals surface area (Å²) in [5.41, 5.74) is 2.27. The zero-order valence-electron chi connectivity index (χ0n) is 16.0. The topological polar surface area (TPSA) is 66.7 Å². The van der Waals surface area contributed by atoms with Crippen molar-refractivity contribution in [3.05, 3.63) is 48.3 Å². The summed E-state index contributed by atoms with van der Waals surface area (Å²) in [7, 11) is 3.76. The monoisotopic (exact) mass is 484 g/mol. The van der Waals surface area contributed by atoms with Crippen molar-refractivity contribution >= 4 is 35.6 Å². The van der Waals surface area contributed by atoms with Gasteiger partial charge in [-0.2, -0.15) is 5.10 Å². The van der Waals surface area contributed by atoms with Crippen molar-refractivity contribution in [1.82, 2.24) is 20.0 Å². The second kappa shape index (κ2) is 11.1. The first kappa shape index (κ1) is 21.5. The van der Waals surface area contributed by atoms with Gasteiger partial charge >= 0.3 is 0 Å². The Morgan fingerprint density at radius 3 is 2.81 bits per heavy atom. The summed E-state index contributed by atoms with van der Waals surface area (Å²) >= 11 is 0. The summed E-state index contributed by atoms with van der Waals surface area (Å²) in [4.78, 5) is 6.69. The number of benzene rings is 1. The molecule has 1 aromatic carbocycles. The number of aromatic nitrogens is 2. The van der Waals surface area contributed by atoms with Gasteiger partial charge in [-0.25, -0.2) is 0 Å². The third-order valence-electron chi connectivity index (χ3n) is 4.41. The third kappa shape index (κ3) is 6.39. The molecule has 1 saturated heterocycles. The van der Waals surface area contributed by atoms with Crippen LogP contribution >= 0.6 is 24.0 Å². The molecule has 3 rings (SSSR count). The van der Waals surface area contributed by atoms with Gasteiger partial charge in [0.2, 0.25) is 0 Å². The summed E-state index contributed by atoms with van der Waals surface area (Å²) in [6.07, 6.45) is 4.94. The molecule has 0 spiro atoms. The smallest absolute Gasteiger partial charge is 0.193 e. The minimum atomic E-state index is 0. The van der Waals surface area contributed by atoms with Gasteiger partial charge < -0.3 is 20.3 Å². The van der Waals surface area contributed by atoms with E-state index in [0.29, 0.717) is 6.61 Å². The lowest BCUT2D eigenvalue weighted by Crippen LogP contribution is -2.48. The lowest BCUT2D eigenvalue weighted by molar-refractivity contribution is -0.00801. The van der Waals surface area contributed by atoms with Crippen LogP contribution in [0.3, 0.4) is 0 Å². The van der Waals surface area contributed by atoms with Gasteiger partial charge in [-0.3, -0.25) is 9.67 Å². The van der Waals surface area contributed by atoms with Crippen LogP contribution < -0.4 is 10.6 Å². The maximum absolute atomic E-state index is 5.91. The number of rotatable bonds is 6. The molecule has 0 radical (unpaired) electrons. The molecule has 0 bridgehead atoms. The van der Waals surface area contributed by atoms with Crippen molar-refractivity contribution in [2.24, 2.45) is 12.0 Å². The highest BCUT2D eigenvalue weighted by molar-refractivity contribution is 14.0. The first-order valence-electron chi connectivity index (χ1n) is 9.11. The molecule has 1 unspecified atom stereocenters. The van der Waals surface area contributed by atoms with Gasteiger partial charge in [0.1, 0.15) is 6.10 Å². The largest absolute Gasteiger partial charge is 0.385 e. The Bertz CT molecular complexity index is 705. The maximum atomic E-state index is 5.91. The van der Waals surface area contributed by atoms with Gasteiger partial charge in [-0.15, -0.1) is 24.0 Å². The van der Waals surface area contributed by atoms with Crippen LogP contribution in [-0.2, 0) is 11.8 Å². The summed E-state index contributed by atoms with van der Waals surface area (Å²) in [5, 5.41) is 11.1. The predicted octanol–water partition coefficient (Wildman–Crippen LogP) is 2.49. The van der Waals surface area contributed by atoms with E-state index >= 15 is 0 Å². The van der Waals surface area contributed by atoms with Crippen LogP contribution in [-0.4, -0.2) is 60.5 Å². The number of guanidine groups is 1. The average molecular weight is 484 g/mol. The van der Waals surface area contributed by atoms with Gasteiger partial charge in [0, 0.05) is 51.2 Å². The number of aliphatic imine (C=N–C) groups is 1. The highest BCUT2D eigenvalue weighted by atomic mass is 127. The van der Waals surface area contributed by atoms with Crippen molar-refractivity contribution < 1.29 is 4.74 Å². The fourth-order valence-electron chi connectivity index (χ4n) is 3.06. The fraction of sp³-hybridized carbons (Fsp3) is 0.474. The van der Waals surface area contributed by atoms with Crippen molar-refractivity contribution in [3.63, 3.8) is 0 Å². The van der Waals surface area contributed by atoms with Gasteiger partial charge in [0.25, 0.3) is 0 Å². The molecule has 148 valence electrons. The highest BCUT2D eigenvalue weighted by Crippen LogP contribution is 2.21. The molecule has 1 aromatic heterocycles. The summed E-state index contributed by atoms with van der Waals surface area (Å²) in [5.74, 6) is 0.932. The van der Waals surface area contributed by atoms with Crippen LogP contribution in [0.4, 0.5) is 5.69 Å². The molecule has 1 aliphatic heterocycles. The molecule has 1 fully saturated rings. The lowest BCUT2D eigenvalue weighted by atomic mass is 10.1. The molecule has 0 saturated carbocycles. The first-order chi connectivity index (χ1) is 12.8. The van der Waals surface area contributed by atoms with Gasteiger partial charge in [0.15, 0.2) is 5.96 Å². The molecular formula is C19H29IN6O. The Morgan fingerprint density at radius 2 is 2.11 bits per heavy atom. The molecule has 2 heterocycles. The Labute approximate surface area is 178 Å². The number of nitrogens with zero attached hydrogens (tertiary/aromatic N) is 4. The van der Waals surface area contributed by atoms with E-state index < -0.39 is 0 Å². The second-order valence-corrected chi connectivity index (χ2v) is 6.37. The third-order valence-corrected chi connectivity index (χ3v) is 4.41. The van der Waals surface area contributed by atoms with E-state index in [1.165, 1.54) is 0 Å². The van der Waals surface area contributed by atoms with E-state index in [2.05, 4.69) is 37.8 Å². The lowest BCUT2D eigenvalue weighted by Gasteiger charge is -2.34. The van der Waals surface area contributed by atoms with E-state index in [4.69, 9.17) is 4.74 Å².